The summed E-state index contributed by atoms with van der Waals surface area (Å²) in [6, 6.07) is 1.78. The number of hydrogen-bond donors (Lipinski definition) is 0. The molecular weight excluding hydrogens is 268 g/mol. The monoisotopic (exact) mass is 312 g/mol. The van der Waals surface area contributed by atoms with E-state index in [1.54, 1.807) is 0 Å². The Hall–Kier alpha value is -0.0800. The van der Waals surface area contributed by atoms with Gasteiger partial charge >= 0.3 is 0 Å². The minimum Gasteiger partial charge on any atom is -0.306 e. The number of nitrogens with zero attached hydrogens (tertiary/aromatic N) is 2. The first kappa shape index (κ1) is 21.9. The van der Waals surface area contributed by atoms with Gasteiger partial charge in [0.05, 0.1) is 0 Å². The van der Waals surface area contributed by atoms with Crippen LogP contribution in [0.15, 0.2) is 0 Å². The van der Waals surface area contributed by atoms with Crippen molar-refractivity contribution < 1.29 is 0 Å². The van der Waals surface area contributed by atoms with Crippen LogP contribution in [0.25, 0.3) is 0 Å². The maximum Gasteiger partial charge on any atom is 0.00891 e. The van der Waals surface area contributed by atoms with Crippen LogP contribution < -0.4 is 0 Å². The molecular formula is C20H44N2. The van der Waals surface area contributed by atoms with Crippen LogP contribution >= 0.6 is 0 Å². The van der Waals surface area contributed by atoms with Crippen LogP contribution in [0.3, 0.4) is 0 Å². The third-order valence-corrected chi connectivity index (χ3v) is 5.11. The molecule has 0 heterocycles. The van der Waals surface area contributed by atoms with Crippen molar-refractivity contribution in [3.63, 3.8) is 0 Å². The summed E-state index contributed by atoms with van der Waals surface area (Å²) < 4.78 is 0. The van der Waals surface area contributed by atoms with Gasteiger partial charge in [-0.1, -0.05) is 65.2 Å². The summed E-state index contributed by atoms with van der Waals surface area (Å²) in [5, 5.41) is 0. The fourth-order valence-corrected chi connectivity index (χ4v) is 3.19. The van der Waals surface area contributed by atoms with E-state index in [0.717, 1.165) is 12.1 Å². The summed E-state index contributed by atoms with van der Waals surface area (Å²) >= 11 is 0. The van der Waals surface area contributed by atoms with Crippen LogP contribution in [0.1, 0.15) is 90.9 Å². The van der Waals surface area contributed by atoms with Gasteiger partial charge in [0.15, 0.2) is 0 Å². The van der Waals surface area contributed by atoms with Crippen molar-refractivity contribution in [1.82, 2.24) is 9.80 Å². The predicted octanol–water partition coefficient (Wildman–Crippen LogP) is 5.57. The molecule has 0 N–H and O–H groups in total. The highest BCUT2D eigenvalue weighted by Gasteiger charge is 2.14. The molecule has 2 aliphatic carbocycles. The van der Waals surface area contributed by atoms with E-state index in [9.17, 15) is 0 Å². The minimum absolute atomic E-state index is 0.888. The van der Waals surface area contributed by atoms with Crippen LogP contribution in [-0.2, 0) is 0 Å². The molecule has 134 valence electrons. The van der Waals surface area contributed by atoms with Gasteiger partial charge in [-0.3, -0.25) is 0 Å². The average Bonchev–Trinajstić information content (AvgIpc) is 2.57. The Morgan fingerprint density at radius 1 is 0.545 bits per heavy atom. The first-order chi connectivity index (χ1) is 10.5. The Labute approximate surface area is 141 Å². The molecule has 0 unspecified atom stereocenters. The van der Waals surface area contributed by atoms with E-state index in [1.807, 2.05) is 0 Å². The van der Waals surface area contributed by atoms with E-state index in [1.165, 1.54) is 77.0 Å². The molecule has 0 saturated heterocycles. The number of hydrogen-bond acceptors (Lipinski definition) is 2. The zero-order valence-corrected chi connectivity index (χ0v) is 16.5. The molecule has 0 aliphatic heterocycles. The molecule has 2 rings (SSSR count). The lowest BCUT2D eigenvalue weighted by molar-refractivity contribution is 0.229. The van der Waals surface area contributed by atoms with Crippen LogP contribution in [0.4, 0.5) is 0 Å². The highest BCUT2D eigenvalue weighted by molar-refractivity contribution is 4.71. The lowest BCUT2D eigenvalue weighted by atomic mass is 9.95. The fourth-order valence-electron chi connectivity index (χ4n) is 3.19. The van der Waals surface area contributed by atoms with Gasteiger partial charge in [-0.25, -0.2) is 0 Å². The van der Waals surface area contributed by atoms with Gasteiger partial charge in [0.1, 0.15) is 0 Å². The van der Waals surface area contributed by atoms with Crippen molar-refractivity contribution in [2.24, 2.45) is 0 Å². The molecule has 0 radical (unpaired) electrons. The largest absolute Gasteiger partial charge is 0.306 e. The van der Waals surface area contributed by atoms with Crippen molar-refractivity contribution in [3.05, 3.63) is 0 Å². The number of rotatable bonds is 3. The second-order valence-corrected chi connectivity index (χ2v) is 7.51. The summed E-state index contributed by atoms with van der Waals surface area (Å²) in [6.07, 6.45) is 17.0. The zero-order valence-electron chi connectivity index (χ0n) is 16.5. The predicted molar refractivity (Wildman–Crippen MR) is 102 cm³/mol. The normalized spacial score (nSPS) is 20.2. The smallest absolute Gasteiger partial charge is 0.00891 e. The maximum absolute atomic E-state index is 2.36. The Kier molecular flexibility index (Phi) is 14.5. The minimum atomic E-state index is 0.888. The highest BCUT2D eigenvalue weighted by atomic mass is 15.1. The second kappa shape index (κ2) is 14.5. The summed E-state index contributed by atoms with van der Waals surface area (Å²) in [5.74, 6) is 0. The quantitative estimate of drug-likeness (QED) is 0.672. The Balaban J connectivity index is 0.000000326. The Morgan fingerprint density at radius 2 is 0.818 bits per heavy atom. The molecule has 2 aliphatic rings. The maximum atomic E-state index is 2.36. The number of unbranched alkanes of at least 4 members (excludes halogenated alkanes) is 1. The summed E-state index contributed by atoms with van der Waals surface area (Å²) in [7, 11) is 8.76. The van der Waals surface area contributed by atoms with Crippen molar-refractivity contribution >= 4 is 0 Å². The standard InChI is InChI=1S/2C8H17N.C4H10/c2*1-9(2)8-6-4-3-5-7-8;1-3-4-2/h2*8H,3-7H2,1-2H3;3-4H2,1-2H3. The summed E-state index contributed by atoms with van der Waals surface area (Å²) in [6.45, 7) is 4.36. The third kappa shape index (κ3) is 11.5. The van der Waals surface area contributed by atoms with Gasteiger partial charge < -0.3 is 9.80 Å². The van der Waals surface area contributed by atoms with E-state index in [4.69, 9.17) is 0 Å². The lowest BCUT2D eigenvalue weighted by Crippen LogP contribution is -2.29. The van der Waals surface area contributed by atoms with Crippen molar-refractivity contribution in [2.45, 2.75) is 103 Å². The molecule has 0 bridgehead atoms. The molecule has 0 atom stereocenters. The van der Waals surface area contributed by atoms with Gasteiger partial charge in [-0.2, -0.15) is 0 Å². The molecule has 0 aromatic carbocycles. The molecule has 2 saturated carbocycles. The van der Waals surface area contributed by atoms with Gasteiger partial charge in [0.25, 0.3) is 0 Å². The molecule has 2 fully saturated rings. The second-order valence-electron chi connectivity index (χ2n) is 7.51. The lowest BCUT2D eigenvalue weighted by Gasteiger charge is -2.27. The van der Waals surface area contributed by atoms with E-state index in [-0.39, 0.29) is 0 Å². The Morgan fingerprint density at radius 3 is 0.955 bits per heavy atom. The van der Waals surface area contributed by atoms with Gasteiger partial charge in [0.2, 0.25) is 0 Å². The van der Waals surface area contributed by atoms with Crippen molar-refractivity contribution in [2.75, 3.05) is 28.2 Å². The molecule has 2 heteroatoms. The van der Waals surface area contributed by atoms with Crippen LogP contribution in [0.5, 0.6) is 0 Å². The molecule has 0 spiro atoms. The zero-order chi connectivity index (χ0) is 16.8. The van der Waals surface area contributed by atoms with E-state index in [0.29, 0.717) is 0 Å². The summed E-state index contributed by atoms with van der Waals surface area (Å²) in [4.78, 5) is 4.72. The van der Waals surface area contributed by atoms with Crippen LogP contribution in [0.2, 0.25) is 0 Å². The first-order valence-corrected chi connectivity index (χ1v) is 9.85. The van der Waals surface area contributed by atoms with E-state index >= 15 is 0 Å². The van der Waals surface area contributed by atoms with E-state index < -0.39 is 0 Å². The van der Waals surface area contributed by atoms with Crippen molar-refractivity contribution in [1.29, 1.82) is 0 Å². The molecule has 0 aromatic rings. The Bertz CT molecular complexity index is 190. The SMILES string of the molecule is CCCC.CN(C)C1CCCCC1.CN(C)C1CCCCC1. The van der Waals surface area contributed by atoms with E-state index in [2.05, 4.69) is 51.8 Å². The van der Waals surface area contributed by atoms with Gasteiger partial charge in [-0.05, 0) is 53.9 Å². The topological polar surface area (TPSA) is 6.48 Å². The molecule has 2 nitrogen and oxygen atoms in total. The van der Waals surface area contributed by atoms with Crippen molar-refractivity contribution in [3.8, 4) is 0 Å². The molecule has 0 aromatic heterocycles. The fraction of sp³-hybridized carbons (Fsp3) is 1.00. The molecule has 22 heavy (non-hydrogen) atoms. The van der Waals surface area contributed by atoms with Gasteiger partial charge in [0, 0.05) is 12.1 Å². The van der Waals surface area contributed by atoms with Crippen LogP contribution in [-0.4, -0.2) is 50.1 Å². The average molecular weight is 313 g/mol. The first-order valence-electron chi connectivity index (χ1n) is 9.85. The molecule has 0 amide bonds. The van der Waals surface area contributed by atoms with Crippen LogP contribution in [0, 0.1) is 0 Å². The summed E-state index contributed by atoms with van der Waals surface area (Å²) in [5.41, 5.74) is 0. The van der Waals surface area contributed by atoms with Gasteiger partial charge in [-0.15, -0.1) is 0 Å². The third-order valence-electron chi connectivity index (χ3n) is 5.11. The highest BCUT2D eigenvalue weighted by Crippen LogP contribution is 2.20.